The van der Waals surface area contributed by atoms with Crippen molar-refractivity contribution in [3.63, 3.8) is 0 Å². The van der Waals surface area contributed by atoms with Crippen molar-refractivity contribution in [2.24, 2.45) is 0 Å². The number of carbonyl (C=O) groups excluding carboxylic acids is 1. The van der Waals surface area contributed by atoms with Gasteiger partial charge in [0, 0.05) is 39.8 Å². The first-order valence-corrected chi connectivity index (χ1v) is 11.1. The number of fused-ring (bicyclic) bond motifs is 4. The van der Waals surface area contributed by atoms with E-state index in [1.165, 1.54) is 0 Å². The smallest absolute Gasteiger partial charge is 0.256 e. The fourth-order valence-electron chi connectivity index (χ4n) is 4.69. The molecule has 5 nitrogen and oxygen atoms in total. The van der Waals surface area contributed by atoms with Crippen LogP contribution in [0, 0.1) is 11.8 Å². The highest BCUT2D eigenvalue weighted by Gasteiger charge is 2.29. The number of para-hydroxylation sites is 1. The summed E-state index contributed by atoms with van der Waals surface area (Å²) in [5.74, 6) is 6.35. The van der Waals surface area contributed by atoms with Crippen molar-refractivity contribution in [3.05, 3.63) is 107 Å². The lowest BCUT2D eigenvalue weighted by molar-refractivity contribution is -0.110. The first-order chi connectivity index (χ1) is 16.7. The van der Waals surface area contributed by atoms with Crippen LogP contribution in [0.2, 0.25) is 0 Å². The van der Waals surface area contributed by atoms with Crippen molar-refractivity contribution in [2.45, 2.75) is 6.23 Å². The van der Waals surface area contributed by atoms with E-state index in [1.807, 2.05) is 90.0 Å². The quantitative estimate of drug-likeness (QED) is 0.300. The maximum atomic E-state index is 12.6. The molecule has 3 aromatic carbocycles. The van der Waals surface area contributed by atoms with Crippen LogP contribution in [-0.2, 0) is 4.79 Å². The molecule has 0 fully saturated rings. The molecule has 4 aromatic rings. The third-order valence-electron chi connectivity index (χ3n) is 6.26. The molecule has 34 heavy (non-hydrogen) atoms. The van der Waals surface area contributed by atoms with Gasteiger partial charge in [0.2, 0.25) is 0 Å². The first kappa shape index (κ1) is 20.1. The Balaban J connectivity index is 1.36. The zero-order chi connectivity index (χ0) is 23.1. The Bertz CT molecular complexity index is 1510. The summed E-state index contributed by atoms with van der Waals surface area (Å²) >= 11 is 0. The minimum absolute atomic E-state index is 0.143. The van der Waals surface area contributed by atoms with E-state index in [1.54, 1.807) is 0 Å². The van der Waals surface area contributed by atoms with Crippen LogP contribution in [0.5, 0.6) is 0 Å². The zero-order valence-electron chi connectivity index (χ0n) is 18.2. The van der Waals surface area contributed by atoms with Crippen molar-refractivity contribution in [2.75, 3.05) is 16.8 Å². The molecule has 0 saturated heterocycles. The van der Waals surface area contributed by atoms with Crippen LogP contribution in [0.4, 0.5) is 11.4 Å². The van der Waals surface area contributed by atoms with E-state index < -0.39 is 6.23 Å². The number of amides is 1. The molecule has 0 spiro atoms. The van der Waals surface area contributed by atoms with E-state index in [9.17, 15) is 9.90 Å². The molecule has 1 atom stereocenters. The Hall–Kier alpha value is -4.53. The van der Waals surface area contributed by atoms with Crippen molar-refractivity contribution < 1.29 is 9.90 Å². The minimum Gasteiger partial charge on any atom is -0.369 e. The second-order valence-corrected chi connectivity index (χ2v) is 8.27. The van der Waals surface area contributed by atoms with Crippen molar-refractivity contribution in [1.82, 2.24) is 4.98 Å². The van der Waals surface area contributed by atoms with E-state index in [0.717, 1.165) is 44.9 Å². The van der Waals surface area contributed by atoms with Gasteiger partial charge in [0.25, 0.3) is 5.91 Å². The predicted molar refractivity (Wildman–Crippen MR) is 135 cm³/mol. The van der Waals surface area contributed by atoms with Crippen LogP contribution in [-0.4, -0.2) is 22.5 Å². The third kappa shape index (κ3) is 3.29. The molecule has 2 aliphatic heterocycles. The van der Waals surface area contributed by atoms with Crippen LogP contribution in [0.15, 0.2) is 85.1 Å². The Labute approximate surface area is 197 Å². The maximum absolute atomic E-state index is 12.6. The molecule has 0 radical (unpaired) electrons. The highest BCUT2D eigenvalue weighted by molar-refractivity contribution is 6.35. The fraction of sp³-hybridized carbons (Fsp3) is 0.0690. The van der Waals surface area contributed by atoms with Crippen LogP contribution in [0.3, 0.4) is 0 Å². The third-order valence-corrected chi connectivity index (χ3v) is 6.26. The number of carbonyl (C=O) groups is 1. The summed E-state index contributed by atoms with van der Waals surface area (Å²) in [6.45, 7) is 0.341. The van der Waals surface area contributed by atoms with Gasteiger partial charge >= 0.3 is 0 Å². The van der Waals surface area contributed by atoms with Crippen LogP contribution in [0.1, 0.15) is 28.6 Å². The number of rotatable bonds is 2. The van der Waals surface area contributed by atoms with Crippen molar-refractivity contribution in [3.8, 4) is 23.0 Å². The summed E-state index contributed by atoms with van der Waals surface area (Å²) in [6, 6.07) is 25.5. The minimum atomic E-state index is -0.784. The van der Waals surface area contributed by atoms with Crippen molar-refractivity contribution >= 4 is 28.9 Å². The number of H-pyrrole nitrogens is 1. The van der Waals surface area contributed by atoms with Crippen LogP contribution in [0.25, 0.3) is 22.8 Å². The van der Waals surface area contributed by atoms with Gasteiger partial charge in [-0.15, -0.1) is 0 Å². The second-order valence-electron chi connectivity index (χ2n) is 8.27. The topological polar surface area (TPSA) is 68.4 Å². The van der Waals surface area contributed by atoms with E-state index in [-0.39, 0.29) is 5.91 Å². The van der Waals surface area contributed by atoms with Gasteiger partial charge in [-0.25, -0.2) is 0 Å². The second kappa shape index (κ2) is 8.11. The first-order valence-electron chi connectivity index (χ1n) is 11.1. The Morgan fingerprint density at radius 2 is 1.76 bits per heavy atom. The van der Waals surface area contributed by atoms with Gasteiger partial charge in [-0.2, -0.15) is 0 Å². The summed E-state index contributed by atoms with van der Waals surface area (Å²) in [4.78, 5) is 17.7. The molecular weight excluding hydrogens is 422 g/mol. The molecule has 164 valence electrons. The number of aromatic amines is 1. The van der Waals surface area contributed by atoms with Gasteiger partial charge in [-0.3, -0.25) is 4.79 Å². The molecule has 3 N–H and O–H groups in total. The number of hydrogen-bond acceptors (Lipinski definition) is 3. The maximum Gasteiger partial charge on any atom is 0.256 e. The molecule has 1 unspecified atom stereocenters. The highest BCUT2D eigenvalue weighted by Crippen LogP contribution is 2.43. The fourth-order valence-corrected chi connectivity index (χ4v) is 4.69. The number of aliphatic hydroxyl groups excluding tert-OH is 1. The summed E-state index contributed by atoms with van der Waals surface area (Å²) in [7, 11) is 0. The summed E-state index contributed by atoms with van der Waals surface area (Å²) in [6.07, 6.45) is 2.88. The van der Waals surface area contributed by atoms with Crippen molar-refractivity contribution in [1.29, 1.82) is 0 Å². The molecule has 0 bridgehead atoms. The summed E-state index contributed by atoms with van der Waals surface area (Å²) < 4.78 is 0. The number of nitrogens with zero attached hydrogens (tertiary/aromatic N) is 1. The summed E-state index contributed by atoms with van der Waals surface area (Å²) in [5.41, 5.74) is 7.71. The van der Waals surface area contributed by atoms with Gasteiger partial charge in [-0.05, 0) is 42.0 Å². The molecule has 1 amide bonds. The summed E-state index contributed by atoms with van der Waals surface area (Å²) in [5, 5.41) is 14.1. The molecule has 5 heteroatoms. The normalized spacial score (nSPS) is 16.9. The SMILES string of the molecule is O=C1Nc2cccc(C#CCN3c4ccccc4-c4ccccc4C3O)c2/C1=C/c1ccc[nH]1. The lowest BCUT2D eigenvalue weighted by Gasteiger charge is -2.36. The van der Waals surface area contributed by atoms with E-state index in [4.69, 9.17) is 0 Å². The van der Waals surface area contributed by atoms with Crippen LogP contribution < -0.4 is 10.2 Å². The monoisotopic (exact) mass is 443 g/mol. The Morgan fingerprint density at radius 1 is 0.941 bits per heavy atom. The Kier molecular flexibility index (Phi) is 4.80. The molecule has 1 aromatic heterocycles. The van der Waals surface area contributed by atoms with Gasteiger partial charge in [0.05, 0.1) is 17.8 Å². The molecule has 3 heterocycles. The van der Waals surface area contributed by atoms with Gasteiger partial charge in [0.15, 0.2) is 6.23 Å². The van der Waals surface area contributed by atoms with E-state index >= 15 is 0 Å². The van der Waals surface area contributed by atoms with Gasteiger partial charge < -0.3 is 20.3 Å². The zero-order valence-corrected chi connectivity index (χ0v) is 18.2. The lowest BCUT2D eigenvalue weighted by atomic mass is 9.92. The van der Waals surface area contributed by atoms with Gasteiger partial charge in [0.1, 0.15) is 0 Å². The molecule has 0 aliphatic carbocycles. The Morgan fingerprint density at radius 3 is 2.62 bits per heavy atom. The molecule has 0 saturated carbocycles. The lowest BCUT2D eigenvalue weighted by Crippen LogP contribution is -2.32. The molecular formula is C29H21N3O2. The highest BCUT2D eigenvalue weighted by atomic mass is 16.3. The number of anilines is 2. The molecule has 2 aliphatic rings. The number of aliphatic hydroxyl groups is 1. The van der Waals surface area contributed by atoms with Gasteiger partial charge in [-0.1, -0.05) is 60.4 Å². The number of nitrogens with one attached hydrogen (secondary N) is 2. The molecule has 6 rings (SSSR count). The number of aromatic nitrogens is 1. The van der Waals surface area contributed by atoms with E-state index in [2.05, 4.69) is 28.2 Å². The average molecular weight is 444 g/mol. The van der Waals surface area contributed by atoms with E-state index in [0.29, 0.717) is 12.1 Å². The number of hydrogen-bond donors (Lipinski definition) is 3. The largest absolute Gasteiger partial charge is 0.369 e. The van der Waals surface area contributed by atoms with Crippen LogP contribution >= 0.6 is 0 Å². The standard InChI is InChI=1S/C29H21N3O2/c33-28-24(18-20-10-6-16-30-20)27-19(8-5-14-25(27)31-28)9-7-17-32-26-15-4-3-12-22(26)21-11-1-2-13-23(21)29(32)34/h1-6,8,10-16,18,29-30,34H,17H2,(H,31,33)/b24-18-. The predicted octanol–water partition coefficient (Wildman–Crippen LogP) is 5.04. The average Bonchev–Trinajstić information content (AvgIpc) is 3.49. The number of benzene rings is 3.